The number of carbonyl (C=O) groups excluding carboxylic acids is 1. The fourth-order valence-electron chi connectivity index (χ4n) is 1.05. The first-order valence-corrected chi connectivity index (χ1v) is 3.87. The number of carbonyl (C=O) groups is 1. The zero-order valence-corrected chi connectivity index (χ0v) is 7.65. The molecule has 13 heavy (non-hydrogen) atoms. The number of hydrogen-bond donors (Lipinski definition) is 0. The van der Waals surface area contributed by atoms with E-state index in [1.807, 2.05) is 6.07 Å². The van der Waals surface area contributed by atoms with E-state index in [9.17, 15) is 4.79 Å². The third kappa shape index (κ3) is 2.15. The minimum absolute atomic E-state index is 0.552. The summed E-state index contributed by atoms with van der Waals surface area (Å²) in [5.41, 5.74) is 1.47. The van der Waals surface area contributed by atoms with E-state index in [0.717, 1.165) is 11.8 Å². The van der Waals surface area contributed by atoms with Crippen molar-refractivity contribution in [2.24, 2.45) is 4.99 Å². The Kier molecular flexibility index (Phi) is 3.20. The van der Waals surface area contributed by atoms with Gasteiger partial charge in [-0.2, -0.15) is 0 Å². The Bertz CT molecular complexity index is 332. The molecule has 0 heterocycles. The molecule has 0 atom stereocenters. The Morgan fingerprint density at radius 1 is 1.46 bits per heavy atom. The van der Waals surface area contributed by atoms with Crippen LogP contribution in [-0.4, -0.2) is 26.7 Å². The summed E-state index contributed by atoms with van der Waals surface area (Å²) in [6.07, 6.45) is 2.48. The molecule has 3 heteroatoms. The molecular weight excluding hydrogens is 166 g/mol. The van der Waals surface area contributed by atoms with Crippen molar-refractivity contribution in [3.8, 4) is 5.75 Å². The number of rotatable bonds is 3. The van der Waals surface area contributed by atoms with Crippen molar-refractivity contribution in [1.82, 2.24) is 0 Å². The maximum Gasteiger partial charge on any atom is 0.153 e. The van der Waals surface area contributed by atoms with Gasteiger partial charge in [-0.15, -0.1) is 0 Å². The first kappa shape index (κ1) is 9.45. The van der Waals surface area contributed by atoms with Gasteiger partial charge in [-0.05, 0) is 17.7 Å². The van der Waals surface area contributed by atoms with E-state index in [2.05, 4.69) is 4.99 Å². The molecule has 3 nitrogen and oxygen atoms in total. The maximum absolute atomic E-state index is 10.5. The Morgan fingerprint density at radius 2 is 2.23 bits per heavy atom. The monoisotopic (exact) mass is 177 g/mol. The standard InChI is InChI=1S/C10H11NO2/c1-11-6-8-3-4-9(7-12)10(5-8)13-2/h3-7H,1-2H3. The van der Waals surface area contributed by atoms with Gasteiger partial charge in [0.25, 0.3) is 0 Å². The summed E-state index contributed by atoms with van der Waals surface area (Å²) in [6, 6.07) is 5.30. The lowest BCUT2D eigenvalue weighted by Crippen LogP contribution is -1.92. The minimum atomic E-state index is 0.552. The normalized spacial score (nSPS) is 10.3. The molecule has 0 unspecified atom stereocenters. The fraction of sp³-hybridized carbons (Fsp3) is 0.200. The van der Waals surface area contributed by atoms with Crippen molar-refractivity contribution in [2.45, 2.75) is 0 Å². The number of ether oxygens (including phenoxy) is 1. The lowest BCUT2D eigenvalue weighted by molar-refractivity contribution is 0.112. The molecule has 0 saturated heterocycles. The van der Waals surface area contributed by atoms with Crippen molar-refractivity contribution >= 4 is 12.5 Å². The molecule has 68 valence electrons. The largest absolute Gasteiger partial charge is 0.496 e. The van der Waals surface area contributed by atoms with Crippen LogP contribution in [0.2, 0.25) is 0 Å². The third-order valence-electron chi connectivity index (χ3n) is 1.66. The Morgan fingerprint density at radius 3 is 2.77 bits per heavy atom. The summed E-state index contributed by atoms with van der Waals surface area (Å²) in [5.74, 6) is 0.576. The smallest absolute Gasteiger partial charge is 0.153 e. The third-order valence-corrected chi connectivity index (χ3v) is 1.66. The molecule has 0 aliphatic heterocycles. The van der Waals surface area contributed by atoms with Gasteiger partial charge in [0, 0.05) is 13.3 Å². The molecule has 0 radical (unpaired) electrons. The minimum Gasteiger partial charge on any atom is -0.496 e. The van der Waals surface area contributed by atoms with Crippen LogP contribution in [0.15, 0.2) is 23.2 Å². The van der Waals surface area contributed by atoms with Gasteiger partial charge in [-0.1, -0.05) is 6.07 Å². The highest BCUT2D eigenvalue weighted by Gasteiger charge is 2.01. The van der Waals surface area contributed by atoms with Crippen molar-refractivity contribution in [3.05, 3.63) is 29.3 Å². The molecular formula is C10H11NO2. The topological polar surface area (TPSA) is 38.7 Å². The molecule has 1 rings (SSSR count). The molecule has 0 N–H and O–H groups in total. The summed E-state index contributed by atoms with van der Waals surface area (Å²) in [5, 5.41) is 0. The quantitative estimate of drug-likeness (QED) is 0.519. The molecule has 0 aliphatic rings. The molecule has 0 amide bonds. The molecule has 0 aliphatic carbocycles. The van der Waals surface area contributed by atoms with Crippen molar-refractivity contribution < 1.29 is 9.53 Å². The number of methoxy groups -OCH3 is 1. The predicted molar refractivity (Wildman–Crippen MR) is 51.9 cm³/mol. The van der Waals surface area contributed by atoms with E-state index in [-0.39, 0.29) is 0 Å². The summed E-state index contributed by atoms with van der Waals surface area (Å²) >= 11 is 0. The zero-order valence-electron chi connectivity index (χ0n) is 7.65. The van der Waals surface area contributed by atoms with Crippen molar-refractivity contribution in [3.63, 3.8) is 0 Å². The van der Waals surface area contributed by atoms with E-state index in [0.29, 0.717) is 11.3 Å². The second-order valence-electron chi connectivity index (χ2n) is 2.51. The second kappa shape index (κ2) is 4.40. The molecule has 1 aromatic rings. The molecule has 0 bridgehead atoms. The van der Waals surface area contributed by atoms with Crippen LogP contribution in [0.4, 0.5) is 0 Å². The Labute approximate surface area is 77.1 Å². The molecule has 0 spiro atoms. The predicted octanol–water partition coefficient (Wildman–Crippen LogP) is 1.56. The maximum atomic E-state index is 10.5. The van der Waals surface area contributed by atoms with Crippen LogP contribution in [0, 0.1) is 0 Å². The summed E-state index contributed by atoms with van der Waals surface area (Å²) in [6.45, 7) is 0. The van der Waals surface area contributed by atoms with Gasteiger partial charge in [-0.25, -0.2) is 0 Å². The summed E-state index contributed by atoms with van der Waals surface area (Å²) in [7, 11) is 3.23. The first-order chi connectivity index (χ1) is 6.31. The number of nitrogens with zero attached hydrogens (tertiary/aromatic N) is 1. The highest BCUT2D eigenvalue weighted by Crippen LogP contribution is 2.17. The van der Waals surface area contributed by atoms with Crippen LogP contribution in [0.3, 0.4) is 0 Å². The number of aliphatic imine (C=N–C) groups is 1. The number of aldehydes is 1. The molecule has 1 aromatic carbocycles. The average Bonchev–Trinajstić information content (AvgIpc) is 2.18. The van der Waals surface area contributed by atoms with Gasteiger partial charge in [0.1, 0.15) is 5.75 Å². The van der Waals surface area contributed by atoms with E-state index in [1.54, 1.807) is 25.4 Å². The molecule has 0 aromatic heterocycles. The highest BCUT2D eigenvalue weighted by molar-refractivity contribution is 5.85. The van der Waals surface area contributed by atoms with Crippen molar-refractivity contribution in [2.75, 3.05) is 14.2 Å². The van der Waals surface area contributed by atoms with Crippen molar-refractivity contribution in [1.29, 1.82) is 0 Å². The fourth-order valence-corrected chi connectivity index (χ4v) is 1.05. The average molecular weight is 177 g/mol. The van der Waals surface area contributed by atoms with E-state index in [4.69, 9.17) is 4.74 Å². The number of benzene rings is 1. The van der Waals surface area contributed by atoms with E-state index < -0.39 is 0 Å². The SMILES string of the molecule is CN=Cc1ccc(C=O)c(OC)c1. The zero-order chi connectivity index (χ0) is 9.68. The van der Waals surface area contributed by atoms with Crippen LogP contribution in [0.25, 0.3) is 0 Å². The van der Waals surface area contributed by atoms with Crippen LogP contribution in [0.5, 0.6) is 5.75 Å². The Hall–Kier alpha value is -1.64. The van der Waals surface area contributed by atoms with E-state index in [1.165, 1.54) is 7.11 Å². The molecule has 0 saturated carbocycles. The van der Waals surface area contributed by atoms with Gasteiger partial charge in [-0.3, -0.25) is 9.79 Å². The van der Waals surface area contributed by atoms with E-state index >= 15 is 0 Å². The lowest BCUT2D eigenvalue weighted by atomic mass is 10.1. The van der Waals surface area contributed by atoms with Gasteiger partial charge in [0.05, 0.1) is 12.7 Å². The van der Waals surface area contributed by atoms with Gasteiger partial charge in [0.2, 0.25) is 0 Å². The number of hydrogen-bond acceptors (Lipinski definition) is 3. The second-order valence-corrected chi connectivity index (χ2v) is 2.51. The van der Waals surface area contributed by atoms with Crippen LogP contribution < -0.4 is 4.74 Å². The van der Waals surface area contributed by atoms with Gasteiger partial charge >= 0.3 is 0 Å². The van der Waals surface area contributed by atoms with Crippen LogP contribution >= 0.6 is 0 Å². The van der Waals surface area contributed by atoms with Crippen LogP contribution in [0.1, 0.15) is 15.9 Å². The lowest BCUT2D eigenvalue weighted by Gasteiger charge is -2.03. The Balaban J connectivity index is 3.12. The van der Waals surface area contributed by atoms with Gasteiger partial charge in [0.15, 0.2) is 6.29 Å². The highest BCUT2D eigenvalue weighted by atomic mass is 16.5. The summed E-state index contributed by atoms with van der Waals surface area (Å²) in [4.78, 5) is 14.4. The summed E-state index contributed by atoms with van der Waals surface area (Å²) < 4.78 is 5.03. The molecule has 0 fully saturated rings. The van der Waals surface area contributed by atoms with Gasteiger partial charge < -0.3 is 4.74 Å². The first-order valence-electron chi connectivity index (χ1n) is 3.87. The van der Waals surface area contributed by atoms with Crippen LogP contribution in [-0.2, 0) is 0 Å².